The third kappa shape index (κ3) is 4.82. The van der Waals surface area contributed by atoms with E-state index in [0.29, 0.717) is 17.5 Å². The van der Waals surface area contributed by atoms with E-state index in [1.165, 1.54) is 30.5 Å². The predicted octanol–water partition coefficient (Wildman–Crippen LogP) is 3.73. The van der Waals surface area contributed by atoms with Crippen LogP contribution in [0.1, 0.15) is 78.3 Å². The van der Waals surface area contributed by atoms with Gasteiger partial charge in [-0.05, 0) is 62.3 Å². The third-order valence-corrected chi connectivity index (χ3v) is 9.09. The van der Waals surface area contributed by atoms with Crippen molar-refractivity contribution < 1.29 is 9.59 Å². The largest absolute Gasteiger partial charge is 0.349 e. The highest BCUT2D eigenvalue weighted by atomic mass is 16.2. The molecule has 0 radical (unpaired) electrons. The first-order valence-electron chi connectivity index (χ1n) is 14.1. The van der Waals surface area contributed by atoms with Gasteiger partial charge >= 0.3 is 0 Å². The fourth-order valence-corrected chi connectivity index (χ4v) is 7.04. The average Bonchev–Trinajstić information content (AvgIpc) is 3.70. The number of aryl methyl sites for hydroxylation is 1. The number of hydrogen-bond acceptors (Lipinski definition) is 4. The van der Waals surface area contributed by atoms with Gasteiger partial charge in [-0.3, -0.25) is 14.7 Å². The smallest absolute Gasteiger partial charge is 0.274 e. The third-order valence-electron chi connectivity index (χ3n) is 9.09. The topological polar surface area (TPSA) is 81.3 Å². The van der Waals surface area contributed by atoms with Crippen molar-refractivity contribution in [2.45, 2.75) is 63.8 Å². The summed E-state index contributed by atoms with van der Waals surface area (Å²) in [6, 6.07) is 10.5. The Morgan fingerprint density at radius 1 is 0.972 bits per heavy atom. The average molecular weight is 490 g/mol. The minimum Gasteiger partial charge on any atom is -0.349 e. The van der Waals surface area contributed by atoms with Crippen molar-refractivity contribution in [2.75, 3.05) is 32.7 Å². The molecule has 1 aromatic carbocycles. The Hall–Kier alpha value is -2.67. The number of carbonyl (C=O) groups is 2. The number of nitrogens with one attached hydrogen (secondary N) is 2. The maximum absolute atomic E-state index is 13.3. The van der Waals surface area contributed by atoms with Crippen molar-refractivity contribution in [1.82, 2.24) is 25.3 Å². The molecule has 0 bridgehead atoms. The van der Waals surface area contributed by atoms with Gasteiger partial charge in [-0.25, -0.2) is 0 Å². The van der Waals surface area contributed by atoms with Crippen molar-refractivity contribution >= 4 is 11.8 Å². The summed E-state index contributed by atoms with van der Waals surface area (Å²) < 4.78 is 0. The van der Waals surface area contributed by atoms with Crippen LogP contribution in [0.4, 0.5) is 0 Å². The number of aromatic amines is 1. The summed E-state index contributed by atoms with van der Waals surface area (Å²) in [5.41, 5.74) is 4.20. The van der Waals surface area contributed by atoms with E-state index in [2.05, 4.69) is 44.7 Å². The number of aromatic nitrogens is 2. The van der Waals surface area contributed by atoms with E-state index in [4.69, 9.17) is 0 Å². The van der Waals surface area contributed by atoms with Crippen LogP contribution >= 0.6 is 0 Å². The quantitative estimate of drug-likeness (QED) is 0.621. The van der Waals surface area contributed by atoms with E-state index in [9.17, 15) is 9.59 Å². The standard InChI is InChI=1S/C29H39N5O2/c35-28(21-10-4-5-11-21)30-25(20-8-2-1-3-9-20)14-15-33-16-22-18-34(19-23(22)17-33)29(36)27-24-12-6-7-13-26(24)31-32-27/h1-3,8-9,21-23,25H,4-7,10-19H2,(H,30,35)(H,31,32)/t22?,23?,25-/m0/s1. The van der Waals surface area contributed by atoms with Crippen LogP contribution in [0.25, 0.3) is 0 Å². The zero-order chi connectivity index (χ0) is 24.5. The van der Waals surface area contributed by atoms with Crippen LogP contribution in [-0.2, 0) is 17.6 Å². The van der Waals surface area contributed by atoms with Gasteiger partial charge in [0.15, 0.2) is 5.69 Å². The lowest BCUT2D eigenvalue weighted by molar-refractivity contribution is -0.125. The number of rotatable bonds is 7. The number of likely N-dealkylation sites (tertiary alicyclic amines) is 2. The van der Waals surface area contributed by atoms with Gasteiger partial charge in [-0.15, -0.1) is 0 Å². The van der Waals surface area contributed by atoms with Gasteiger partial charge < -0.3 is 15.1 Å². The molecule has 2 amide bonds. The second-order valence-corrected chi connectivity index (χ2v) is 11.5. The van der Waals surface area contributed by atoms with E-state index in [1.807, 2.05) is 11.0 Å². The lowest BCUT2D eigenvalue weighted by atomic mass is 9.95. The van der Waals surface area contributed by atoms with Crippen molar-refractivity contribution in [3.63, 3.8) is 0 Å². The summed E-state index contributed by atoms with van der Waals surface area (Å²) >= 11 is 0. The highest BCUT2D eigenvalue weighted by Gasteiger charge is 2.42. The van der Waals surface area contributed by atoms with Crippen LogP contribution in [0.5, 0.6) is 0 Å². The molecule has 6 rings (SSSR count). The van der Waals surface area contributed by atoms with Gasteiger partial charge in [0.2, 0.25) is 5.91 Å². The molecule has 2 unspecified atom stereocenters. The molecule has 2 aromatic rings. The van der Waals surface area contributed by atoms with Gasteiger partial charge in [0.25, 0.3) is 5.91 Å². The molecule has 2 aliphatic carbocycles. The molecule has 7 heteroatoms. The first kappa shape index (κ1) is 23.7. The fourth-order valence-electron chi connectivity index (χ4n) is 7.04. The first-order chi connectivity index (χ1) is 17.7. The highest BCUT2D eigenvalue weighted by Crippen LogP contribution is 2.34. The number of amides is 2. The number of nitrogens with zero attached hydrogens (tertiary/aromatic N) is 3. The van der Waals surface area contributed by atoms with Crippen LogP contribution in [0.2, 0.25) is 0 Å². The molecule has 2 saturated heterocycles. The van der Waals surface area contributed by atoms with Crippen molar-refractivity contribution in [1.29, 1.82) is 0 Å². The second-order valence-electron chi connectivity index (χ2n) is 11.5. The van der Waals surface area contributed by atoms with Gasteiger partial charge in [-0.1, -0.05) is 43.2 Å². The van der Waals surface area contributed by atoms with Crippen LogP contribution in [0.15, 0.2) is 30.3 Å². The van der Waals surface area contributed by atoms with Gasteiger partial charge in [0, 0.05) is 49.9 Å². The number of fused-ring (bicyclic) bond motifs is 2. The normalized spacial score (nSPS) is 25.1. The van der Waals surface area contributed by atoms with Gasteiger partial charge in [0.1, 0.15) is 0 Å². The predicted molar refractivity (Wildman–Crippen MR) is 138 cm³/mol. The Labute approximate surface area is 214 Å². The van der Waals surface area contributed by atoms with Crippen molar-refractivity contribution in [3.8, 4) is 0 Å². The fraction of sp³-hybridized carbons (Fsp3) is 0.621. The molecule has 3 heterocycles. The van der Waals surface area contributed by atoms with Crippen LogP contribution in [-0.4, -0.2) is 64.5 Å². The van der Waals surface area contributed by atoms with E-state index < -0.39 is 0 Å². The van der Waals surface area contributed by atoms with Crippen LogP contribution in [0.3, 0.4) is 0 Å². The summed E-state index contributed by atoms with van der Waals surface area (Å²) in [6.07, 6.45) is 9.64. The molecule has 2 aliphatic heterocycles. The number of benzene rings is 1. The van der Waals surface area contributed by atoms with Crippen molar-refractivity contribution in [2.24, 2.45) is 17.8 Å². The van der Waals surface area contributed by atoms with Crippen LogP contribution in [0, 0.1) is 17.8 Å². The van der Waals surface area contributed by atoms with E-state index in [0.717, 1.165) is 76.8 Å². The maximum atomic E-state index is 13.3. The molecular weight excluding hydrogens is 450 g/mol. The van der Waals surface area contributed by atoms with Crippen molar-refractivity contribution in [3.05, 3.63) is 52.8 Å². The van der Waals surface area contributed by atoms with E-state index >= 15 is 0 Å². The summed E-state index contributed by atoms with van der Waals surface area (Å²) in [7, 11) is 0. The van der Waals surface area contributed by atoms with E-state index in [1.54, 1.807) is 0 Å². The van der Waals surface area contributed by atoms with Gasteiger partial charge in [0.05, 0.1) is 6.04 Å². The summed E-state index contributed by atoms with van der Waals surface area (Å²) in [5.74, 6) is 1.61. The molecule has 36 heavy (non-hydrogen) atoms. The maximum Gasteiger partial charge on any atom is 0.274 e. The lowest BCUT2D eigenvalue weighted by Crippen LogP contribution is -2.37. The molecule has 192 valence electrons. The molecule has 4 aliphatic rings. The lowest BCUT2D eigenvalue weighted by Gasteiger charge is -2.25. The summed E-state index contributed by atoms with van der Waals surface area (Å²) in [4.78, 5) is 30.8. The second kappa shape index (κ2) is 10.4. The number of carbonyl (C=O) groups excluding carboxylic acids is 2. The zero-order valence-electron chi connectivity index (χ0n) is 21.3. The molecule has 2 N–H and O–H groups in total. The Morgan fingerprint density at radius 3 is 2.44 bits per heavy atom. The molecule has 7 nitrogen and oxygen atoms in total. The molecule has 3 atom stereocenters. The van der Waals surface area contributed by atoms with E-state index in [-0.39, 0.29) is 23.8 Å². The Balaban J connectivity index is 1.04. The highest BCUT2D eigenvalue weighted by molar-refractivity contribution is 5.94. The summed E-state index contributed by atoms with van der Waals surface area (Å²) in [5, 5.41) is 10.9. The Morgan fingerprint density at radius 2 is 1.69 bits per heavy atom. The molecule has 1 saturated carbocycles. The molecule has 0 spiro atoms. The molecule has 3 fully saturated rings. The molecule has 1 aromatic heterocycles. The van der Waals surface area contributed by atoms with Crippen LogP contribution < -0.4 is 5.32 Å². The minimum atomic E-state index is 0.0589. The Kier molecular flexibility index (Phi) is 6.83. The zero-order valence-corrected chi connectivity index (χ0v) is 21.3. The molecular formula is C29H39N5O2. The Bertz CT molecular complexity index is 1060. The first-order valence-corrected chi connectivity index (χ1v) is 14.1. The summed E-state index contributed by atoms with van der Waals surface area (Å²) in [6.45, 7) is 4.71. The number of H-pyrrole nitrogens is 1. The SMILES string of the molecule is O=C(N[C@@H](CCN1CC2CN(C(=O)c3n[nH]c4c3CCCC4)CC2C1)c1ccccc1)C1CCCC1. The number of hydrogen-bond donors (Lipinski definition) is 2. The van der Waals surface area contributed by atoms with Gasteiger partial charge in [-0.2, -0.15) is 5.10 Å². The minimum absolute atomic E-state index is 0.0589. The monoisotopic (exact) mass is 489 g/mol.